The monoisotopic (exact) mass is 525 g/mol. The fourth-order valence-electron chi connectivity index (χ4n) is 3.34. The Bertz CT molecular complexity index is 918. The van der Waals surface area contributed by atoms with Crippen molar-refractivity contribution < 1.29 is 29.4 Å². The number of carbonyl (C=O) groups excluding carboxylic acids is 3. The average Bonchev–Trinajstić information content (AvgIpc) is 3.34. The zero-order valence-electron chi connectivity index (χ0n) is 21.3. The van der Waals surface area contributed by atoms with Crippen molar-refractivity contribution in [2.24, 2.45) is 28.1 Å². The summed E-state index contributed by atoms with van der Waals surface area (Å²) in [4.78, 5) is 60.6. The van der Waals surface area contributed by atoms with E-state index in [1.165, 1.54) is 19.4 Å². The Morgan fingerprint density at radius 3 is 2.22 bits per heavy atom. The van der Waals surface area contributed by atoms with Crippen LogP contribution in [0.3, 0.4) is 0 Å². The number of hydrogen-bond acceptors (Lipinski definition) is 8. The molecule has 1 aromatic rings. The Morgan fingerprint density at radius 1 is 1.08 bits per heavy atom. The van der Waals surface area contributed by atoms with Crippen molar-refractivity contribution in [2.75, 3.05) is 6.54 Å². The number of aliphatic hydroxyl groups excluding tert-OH is 1. The number of nitrogens with zero attached hydrogens (tertiary/aromatic N) is 2. The van der Waals surface area contributed by atoms with E-state index < -0.39 is 54.0 Å². The van der Waals surface area contributed by atoms with Gasteiger partial charge in [0.25, 0.3) is 0 Å². The number of nitrogens with one attached hydrogen (secondary N) is 4. The largest absolute Gasteiger partial charge is 0.480 e. The molecule has 3 amide bonds. The second-order valence-electron chi connectivity index (χ2n) is 8.83. The molecule has 0 aromatic carbocycles. The molecule has 1 aromatic heterocycles. The second-order valence-corrected chi connectivity index (χ2v) is 8.83. The number of carboxylic acids is 1. The molecule has 6 unspecified atom stereocenters. The molecular weight excluding hydrogens is 486 g/mol. The first-order valence-corrected chi connectivity index (χ1v) is 12.0. The lowest BCUT2D eigenvalue weighted by molar-refractivity contribution is -0.143. The molecule has 1 rings (SSSR count). The molecule has 0 aliphatic rings. The van der Waals surface area contributed by atoms with Gasteiger partial charge < -0.3 is 48.3 Å². The highest BCUT2D eigenvalue weighted by Crippen LogP contribution is 2.10. The summed E-state index contributed by atoms with van der Waals surface area (Å²) >= 11 is 0. The molecule has 0 aliphatic carbocycles. The van der Waals surface area contributed by atoms with Gasteiger partial charge in [-0.15, -0.1) is 0 Å². The summed E-state index contributed by atoms with van der Waals surface area (Å²) in [6.45, 7) is 5.12. The molecule has 0 saturated heterocycles. The van der Waals surface area contributed by atoms with Gasteiger partial charge >= 0.3 is 5.97 Å². The predicted molar refractivity (Wildman–Crippen MR) is 135 cm³/mol. The Morgan fingerprint density at radius 2 is 1.70 bits per heavy atom. The minimum atomic E-state index is -1.48. The van der Waals surface area contributed by atoms with Crippen LogP contribution < -0.4 is 33.2 Å². The van der Waals surface area contributed by atoms with Crippen LogP contribution in [0, 0.1) is 5.92 Å². The molecule has 37 heavy (non-hydrogen) atoms. The maximum Gasteiger partial charge on any atom is 0.326 e. The highest BCUT2D eigenvalue weighted by atomic mass is 16.4. The number of carbonyl (C=O) groups is 4. The van der Waals surface area contributed by atoms with Crippen molar-refractivity contribution >= 4 is 29.7 Å². The van der Waals surface area contributed by atoms with E-state index in [9.17, 15) is 29.4 Å². The van der Waals surface area contributed by atoms with E-state index in [-0.39, 0.29) is 24.7 Å². The van der Waals surface area contributed by atoms with Crippen molar-refractivity contribution in [3.8, 4) is 0 Å². The van der Waals surface area contributed by atoms with E-state index in [0.717, 1.165) is 0 Å². The molecule has 0 bridgehead atoms. The van der Waals surface area contributed by atoms with Gasteiger partial charge in [-0.3, -0.25) is 19.4 Å². The van der Waals surface area contributed by atoms with E-state index in [4.69, 9.17) is 17.2 Å². The summed E-state index contributed by atoms with van der Waals surface area (Å²) in [5.41, 5.74) is 16.9. The van der Waals surface area contributed by atoms with Crippen LogP contribution in [0.15, 0.2) is 17.5 Å². The molecule has 1 heterocycles. The van der Waals surface area contributed by atoms with Crippen LogP contribution in [-0.2, 0) is 25.6 Å². The Kier molecular flexibility index (Phi) is 13.0. The summed E-state index contributed by atoms with van der Waals surface area (Å²) < 4.78 is 0. The van der Waals surface area contributed by atoms with Crippen LogP contribution in [0.25, 0.3) is 0 Å². The van der Waals surface area contributed by atoms with Crippen LogP contribution in [0.2, 0.25) is 0 Å². The minimum absolute atomic E-state index is 0.0702. The maximum absolute atomic E-state index is 13.1. The molecule has 15 nitrogen and oxygen atoms in total. The zero-order valence-corrected chi connectivity index (χ0v) is 21.3. The van der Waals surface area contributed by atoms with Crippen LogP contribution in [-0.4, -0.2) is 86.6 Å². The Balaban J connectivity index is 2.89. The van der Waals surface area contributed by atoms with Crippen molar-refractivity contribution in [1.29, 1.82) is 0 Å². The highest BCUT2D eigenvalue weighted by molar-refractivity contribution is 5.94. The summed E-state index contributed by atoms with van der Waals surface area (Å²) in [5, 5.41) is 27.0. The van der Waals surface area contributed by atoms with Gasteiger partial charge in [-0.2, -0.15) is 0 Å². The zero-order chi connectivity index (χ0) is 28.1. The lowest BCUT2D eigenvalue weighted by Gasteiger charge is -2.29. The predicted octanol–water partition coefficient (Wildman–Crippen LogP) is -2.70. The molecule has 0 spiro atoms. The SMILES string of the molecule is CCC(C)C(NC(=O)C(N)CCCN=C(N)N)C(=O)NC(C(=O)NC(Cc1cnc[nH]1)C(=O)O)C(C)O. The number of aliphatic hydroxyl groups is 1. The van der Waals surface area contributed by atoms with Crippen LogP contribution in [0.1, 0.15) is 45.7 Å². The number of rotatable bonds is 16. The van der Waals surface area contributed by atoms with Crippen LogP contribution in [0.5, 0.6) is 0 Å². The van der Waals surface area contributed by atoms with Gasteiger partial charge in [0, 0.05) is 24.9 Å². The maximum atomic E-state index is 13.1. The number of hydrogen-bond donors (Lipinski definition) is 9. The normalized spacial score (nSPS) is 15.8. The fourth-order valence-corrected chi connectivity index (χ4v) is 3.34. The fraction of sp³-hybridized carbons (Fsp3) is 0.636. The lowest BCUT2D eigenvalue weighted by atomic mass is 9.96. The van der Waals surface area contributed by atoms with Gasteiger partial charge in [-0.05, 0) is 25.7 Å². The molecule has 0 radical (unpaired) electrons. The molecule has 0 saturated carbocycles. The van der Waals surface area contributed by atoms with Crippen molar-refractivity contribution in [3.05, 3.63) is 18.2 Å². The number of H-pyrrole nitrogens is 1. The average molecular weight is 526 g/mol. The molecule has 208 valence electrons. The van der Waals surface area contributed by atoms with E-state index >= 15 is 0 Å². The first-order valence-electron chi connectivity index (χ1n) is 12.0. The highest BCUT2D eigenvalue weighted by Gasteiger charge is 2.34. The second kappa shape index (κ2) is 15.4. The molecule has 6 atom stereocenters. The van der Waals surface area contributed by atoms with Crippen molar-refractivity contribution in [2.45, 2.75) is 76.7 Å². The smallest absolute Gasteiger partial charge is 0.326 e. The Hall–Kier alpha value is -3.72. The van der Waals surface area contributed by atoms with Gasteiger partial charge in [0.15, 0.2) is 5.96 Å². The topological polar surface area (TPSA) is 264 Å². The van der Waals surface area contributed by atoms with E-state index in [2.05, 4.69) is 30.9 Å². The van der Waals surface area contributed by atoms with Gasteiger partial charge in [-0.25, -0.2) is 9.78 Å². The van der Waals surface area contributed by atoms with E-state index in [1.54, 1.807) is 6.92 Å². The minimum Gasteiger partial charge on any atom is -0.480 e. The van der Waals surface area contributed by atoms with E-state index in [1.807, 2.05) is 6.92 Å². The summed E-state index contributed by atoms with van der Waals surface area (Å²) in [7, 11) is 0. The first-order chi connectivity index (χ1) is 17.4. The molecule has 0 aliphatic heterocycles. The number of amides is 3. The van der Waals surface area contributed by atoms with Gasteiger partial charge in [0.2, 0.25) is 17.7 Å². The van der Waals surface area contributed by atoms with Crippen LogP contribution in [0.4, 0.5) is 0 Å². The lowest BCUT2D eigenvalue weighted by Crippen LogP contribution is -2.61. The summed E-state index contributed by atoms with van der Waals surface area (Å²) in [6.07, 6.45) is 2.55. The summed E-state index contributed by atoms with van der Waals surface area (Å²) in [6, 6.07) is -4.81. The number of nitrogens with two attached hydrogens (primary N) is 3. The van der Waals surface area contributed by atoms with Crippen molar-refractivity contribution in [1.82, 2.24) is 25.9 Å². The van der Waals surface area contributed by atoms with Gasteiger partial charge in [-0.1, -0.05) is 20.3 Å². The third-order valence-corrected chi connectivity index (χ3v) is 5.75. The number of imidazole rings is 1. The quantitative estimate of drug-likeness (QED) is 0.0612. The van der Waals surface area contributed by atoms with Gasteiger partial charge in [0.05, 0.1) is 18.5 Å². The Labute approximate surface area is 215 Å². The van der Waals surface area contributed by atoms with Crippen LogP contribution >= 0.6 is 0 Å². The van der Waals surface area contributed by atoms with Crippen molar-refractivity contribution in [3.63, 3.8) is 0 Å². The number of aliphatic imine (C=N–C) groups is 1. The number of aromatic amines is 1. The number of carboxylic acid groups (broad SMARTS) is 1. The third-order valence-electron chi connectivity index (χ3n) is 5.75. The number of aromatic nitrogens is 2. The third kappa shape index (κ3) is 10.8. The van der Waals surface area contributed by atoms with Gasteiger partial charge in [0.1, 0.15) is 18.1 Å². The molecule has 12 N–H and O–H groups in total. The molecular formula is C22H39N9O6. The molecule has 0 fully saturated rings. The molecule has 15 heteroatoms. The summed E-state index contributed by atoms with van der Waals surface area (Å²) in [5.74, 6) is -3.93. The standard InChI is InChI=1S/C22H39N9O6/c1-4-11(2)16(30-18(33)14(23)6-5-7-27-22(24)25)19(34)31-17(12(3)32)20(35)29-15(21(36)37)8-13-9-26-10-28-13/h9-12,14-17,32H,4-8,23H2,1-3H3,(H,26,28)(H,29,35)(H,30,33)(H,31,34)(H,36,37)(H4,24,25,27). The number of aliphatic carboxylic acids is 1. The number of guanidine groups is 1. The first kappa shape index (κ1) is 31.3. The van der Waals surface area contributed by atoms with E-state index in [0.29, 0.717) is 25.1 Å².